The summed E-state index contributed by atoms with van der Waals surface area (Å²) in [6, 6.07) is -1.16. The van der Waals surface area contributed by atoms with Gasteiger partial charge in [0.15, 0.2) is 0 Å². The molecule has 1 heterocycles. The molecular formula is C8H12N4O4. The predicted octanol–water partition coefficient (Wildman–Crippen LogP) is -1.83. The number of hydrogen-bond donors (Lipinski definition) is 2. The third-order valence-electron chi connectivity index (χ3n) is 1.92. The summed E-state index contributed by atoms with van der Waals surface area (Å²) < 4.78 is 2.20. The minimum Gasteiger partial charge on any atom is -0.480 e. The highest BCUT2D eigenvalue weighted by Gasteiger charge is 2.20. The van der Waals surface area contributed by atoms with Crippen LogP contribution in [0.5, 0.6) is 0 Å². The van der Waals surface area contributed by atoms with Crippen molar-refractivity contribution in [2.24, 2.45) is 7.05 Å². The Morgan fingerprint density at radius 1 is 1.62 bits per heavy atom. The van der Waals surface area contributed by atoms with Crippen molar-refractivity contribution in [3.8, 4) is 0 Å². The Balaban J connectivity index is 2.84. The first kappa shape index (κ1) is 12.0. The molecule has 8 heteroatoms. The molecule has 0 radical (unpaired) electrons. The number of amides is 1. The van der Waals surface area contributed by atoms with Crippen molar-refractivity contribution in [1.82, 2.24) is 19.7 Å². The molecule has 8 nitrogen and oxygen atoms in total. The van der Waals surface area contributed by atoms with E-state index in [1.165, 1.54) is 24.9 Å². The van der Waals surface area contributed by atoms with E-state index in [-0.39, 0.29) is 6.54 Å². The van der Waals surface area contributed by atoms with Crippen LogP contribution in [0.2, 0.25) is 0 Å². The van der Waals surface area contributed by atoms with Gasteiger partial charge in [0.25, 0.3) is 0 Å². The summed E-state index contributed by atoms with van der Waals surface area (Å²) in [6.07, 6.45) is 1.27. The van der Waals surface area contributed by atoms with Gasteiger partial charge >= 0.3 is 11.7 Å². The van der Waals surface area contributed by atoms with E-state index in [0.717, 1.165) is 4.68 Å². The molecule has 0 bridgehead atoms. The van der Waals surface area contributed by atoms with E-state index in [0.29, 0.717) is 0 Å². The SMILES string of the molecule is CC(=O)NC(Cn1ncn(C)c1=O)C(=O)O. The van der Waals surface area contributed by atoms with Crippen LogP contribution in [0.4, 0.5) is 0 Å². The van der Waals surface area contributed by atoms with Gasteiger partial charge in [-0.25, -0.2) is 14.3 Å². The Labute approximate surface area is 90.5 Å². The molecular weight excluding hydrogens is 216 g/mol. The van der Waals surface area contributed by atoms with Crippen LogP contribution < -0.4 is 11.0 Å². The summed E-state index contributed by atoms with van der Waals surface area (Å²) in [4.78, 5) is 32.9. The van der Waals surface area contributed by atoms with Crippen molar-refractivity contribution in [3.63, 3.8) is 0 Å². The maximum atomic E-state index is 11.4. The van der Waals surface area contributed by atoms with E-state index in [4.69, 9.17) is 5.11 Å². The van der Waals surface area contributed by atoms with E-state index in [9.17, 15) is 14.4 Å². The summed E-state index contributed by atoms with van der Waals surface area (Å²) in [6.45, 7) is 1.01. The fourth-order valence-electron chi connectivity index (χ4n) is 1.15. The number of carbonyl (C=O) groups excluding carboxylic acids is 1. The number of aryl methyl sites for hydroxylation is 1. The topological polar surface area (TPSA) is 106 Å². The molecule has 88 valence electrons. The van der Waals surface area contributed by atoms with Gasteiger partial charge in [0.1, 0.15) is 12.4 Å². The lowest BCUT2D eigenvalue weighted by atomic mass is 10.3. The number of carboxylic acid groups (broad SMARTS) is 1. The fourth-order valence-corrected chi connectivity index (χ4v) is 1.15. The van der Waals surface area contributed by atoms with E-state index < -0.39 is 23.6 Å². The van der Waals surface area contributed by atoms with Gasteiger partial charge in [-0.1, -0.05) is 0 Å². The number of carboxylic acids is 1. The molecule has 1 amide bonds. The van der Waals surface area contributed by atoms with Gasteiger partial charge in [-0.15, -0.1) is 0 Å². The van der Waals surface area contributed by atoms with Crippen molar-refractivity contribution >= 4 is 11.9 Å². The van der Waals surface area contributed by atoms with Crippen LogP contribution in [0.25, 0.3) is 0 Å². The van der Waals surface area contributed by atoms with Crippen molar-refractivity contribution in [2.45, 2.75) is 19.5 Å². The zero-order valence-electron chi connectivity index (χ0n) is 8.88. The first-order chi connectivity index (χ1) is 7.41. The minimum absolute atomic E-state index is 0.200. The van der Waals surface area contributed by atoms with Crippen molar-refractivity contribution in [3.05, 3.63) is 16.8 Å². The van der Waals surface area contributed by atoms with E-state index in [1.807, 2.05) is 0 Å². The first-order valence-corrected chi connectivity index (χ1v) is 4.50. The third-order valence-corrected chi connectivity index (χ3v) is 1.92. The highest BCUT2D eigenvalue weighted by molar-refractivity contribution is 5.81. The number of rotatable bonds is 4. The Bertz CT molecular complexity index is 461. The normalized spacial score (nSPS) is 12.1. The maximum Gasteiger partial charge on any atom is 0.345 e. The quantitative estimate of drug-likeness (QED) is 0.630. The van der Waals surface area contributed by atoms with Crippen LogP contribution in [0.1, 0.15) is 6.92 Å². The van der Waals surface area contributed by atoms with E-state index in [1.54, 1.807) is 0 Å². The van der Waals surface area contributed by atoms with Crippen molar-refractivity contribution < 1.29 is 14.7 Å². The average Bonchev–Trinajstić information content (AvgIpc) is 2.47. The highest BCUT2D eigenvalue weighted by Crippen LogP contribution is 1.89. The van der Waals surface area contributed by atoms with Crippen LogP contribution in [0.15, 0.2) is 11.1 Å². The molecule has 0 saturated heterocycles. The Morgan fingerprint density at radius 2 is 2.25 bits per heavy atom. The lowest BCUT2D eigenvalue weighted by Crippen LogP contribution is -2.44. The maximum absolute atomic E-state index is 11.4. The summed E-state index contributed by atoms with van der Waals surface area (Å²) in [7, 11) is 1.50. The molecule has 0 aliphatic heterocycles. The molecule has 0 fully saturated rings. The molecule has 1 unspecified atom stereocenters. The lowest BCUT2D eigenvalue weighted by molar-refractivity contribution is -0.142. The number of aromatic nitrogens is 3. The zero-order valence-corrected chi connectivity index (χ0v) is 8.88. The molecule has 2 N–H and O–H groups in total. The van der Waals surface area contributed by atoms with Gasteiger partial charge in [0.05, 0.1) is 6.54 Å². The molecule has 0 saturated carbocycles. The molecule has 0 aliphatic rings. The third kappa shape index (κ3) is 2.69. The van der Waals surface area contributed by atoms with Gasteiger partial charge in [-0.3, -0.25) is 9.36 Å². The Kier molecular flexibility index (Phi) is 3.44. The second kappa shape index (κ2) is 4.60. The van der Waals surface area contributed by atoms with E-state index in [2.05, 4.69) is 10.4 Å². The molecule has 0 aliphatic carbocycles. The fraction of sp³-hybridized carbons (Fsp3) is 0.500. The molecule has 1 rings (SSSR count). The van der Waals surface area contributed by atoms with Crippen molar-refractivity contribution in [1.29, 1.82) is 0 Å². The minimum atomic E-state index is -1.22. The number of nitrogens with one attached hydrogen (secondary N) is 1. The number of nitrogens with zero attached hydrogens (tertiary/aromatic N) is 3. The van der Waals surface area contributed by atoms with Gasteiger partial charge < -0.3 is 10.4 Å². The summed E-state index contributed by atoms with van der Waals surface area (Å²) in [5.74, 6) is -1.69. The smallest absolute Gasteiger partial charge is 0.345 e. The van der Waals surface area contributed by atoms with Crippen LogP contribution in [-0.4, -0.2) is 37.4 Å². The molecule has 1 atom stereocenters. The number of carbonyl (C=O) groups is 2. The Morgan fingerprint density at radius 3 is 2.62 bits per heavy atom. The predicted molar refractivity (Wildman–Crippen MR) is 52.7 cm³/mol. The van der Waals surface area contributed by atoms with E-state index >= 15 is 0 Å². The molecule has 1 aromatic rings. The number of aliphatic carboxylic acids is 1. The zero-order chi connectivity index (χ0) is 12.3. The Hall–Kier alpha value is -2.12. The average molecular weight is 228 g/mol. The van der Waals surface area contributed by atoms with Gasteiger partial charge in [-0.05, 0) is 0 Å². The standard InChI is InChI=1S/C8H12N4O4/c1-5(13)10-6(7(14)15)3-12-8(16)11(2)4-9-12/h4,6H,3H2,1-2H3,(H,10,13)(H,14,15). The molecule has 1 aromatic heterocycles. The monoisotopic (exact) mass is 228 g/mol. The van der Waals surface area contributed by atoms with Crippen LogP contribution in [-0.2, 0) is 23.2 Å². The molecule has 0 spiro atoms. The van der Waals surface area contributed by atoms with Crippen molar-refractivity contribution in [2.75, 3.05) is 0 Å². The van der Waals surface area contributed by atoms with Gasteiger partial charge in [-0.2, -0.15) is 5.10 Å². The molecule has 16 heavy (non-hydrogen) atoms. The lowest BCUT2D eigenvalue weighted by Gasteiger charge is -2.11. The summed E-state index contributed by atoms with van der Waals surface area (Å²) >= 11 is 0. The van der Waals surface area contributed by atoms with Crippen LogP contribution in [0.3, 0.4) is 0 Å². The van der Waals surface area contributed by atoms with Crippen LogP contribution in [0, 0.1) is 0 Å². The van der Waals surface area contributed by atoms with Gasteiger partial charge in [0.2, 0.25) is 5.91 Å². The summed E-state index contributed by atoms with van der Waals surface area (Å²) in [5, 5.41) is 14.7. The first-order valence-electron chi connectivity index (χ1n) is 4.50. The second-order valence-electron chi connectivity index (χ2n) is 3.30. The van der Waals surface area contributed by atoms with Crippen LogP contribution >= 0.6 is 0 Å². The second-order valence-corrected chi connectivity index (χ2v) is 3.30. The molecule has 0 aromatic carbocycles. The number of hydrogen-bond acceptors (Lipinski definition) is 4. The highest BCUT2D eigenvalue weighted by atomic mass is 16.4. The largest absolute Gasteiger partial charge is 0.480 e. The summed E-state index contributed by atoms with van der Waals surface area (Å²) in [5.41, 5.74) is -0.434. The van der Waals surface area contributed by atoms with Gasteiger partial charge in [0, 0.05) is 14.0 Å².